The third kappa shape index (κ3) is 4.04. The van der Waals surface area contributed by atoms with Crippen molar-refractivity contribution in [1.82, 2.24) is 10.1 Å². The molecule has 1 heterocycles. The van der Waals surface area contributed by atoms with Crippen LogP contribution in [-0.4, -0.2) is 31.7 Å². The number of para-hydroxylation sites is 1. The summed E-state index contributed by atoms with van der Waals surface area (Å²) in [5.41, 5.74) is 5.38. The largest absolute Gasteiger partial charge is 0.285 e. The maximum atomic E-state index is 12.6. The molecule has 6 nitrogen and oxygen atoms in total. The van der Waals surface area contributed by atoms with Crippen molar-refractivity contribution in [2.45, 2.75) is 63.7 Å². The van der Waals surface area contributed by atoms with Gasteiger partial charge in [-0.15, -0.1) is 0 Å². The standard InChI is InChI=1S/C19H29N3O3S/c1-19(2,3)26(24,25)21-16-10-8-15(9-11-16)18(23)20-22-13-12-14-6-4-5-7-17(14)22/h4-7,15-16,21H,8-13H2,1-3H3,(H,20,23). The van der Waals surface area contributed by atoms with Gasteiger partial charge in [0.05, 0.1) is 10.4 Å². The molecule has 0 bridgehead atoms. The SMILES string of the molecule is CC(C)(C)S(=O)(=O)NC1CCC(C(=O)NN2CCc3ccccc32)CC1. The third-order valence-corrected chi connectivity index (χ3v) is 7.61. The van der Waals surface area contributed by atoms with Crippen LogP contribution in [0.5, 0.6) is 0 Å². The van der Waals surface area contributed by atoms with Gasteiger partial charge in [0.2, 0.25) is 15.9 Å². The van der Waals surface area contributed by atoms with Crippen LogP contribution in [0, 0.1) is 5.92 Å². The van der Waals surface area contributed by atoms with Crippen LogP contribution in [0.15, 0.2) is 24.3 Å². The fraction of sp³-hybridized carbons (Fsp3) is 0.632. The first kappa shape index (κ1) is 19.2. The van der Waals surface area contributed by atoms with Gasteiger partial charge in [0.15, 0.2) is 0 Å². The Bertz CT molecular complexity index is 762. The maximum Gasteiger partial charge on any atom is 0.241 e. The molecule has 0 aromatic heterocycles. The first-order valence-electron chi connectivity index (χ1n) is 9.35. The number of benzene rings is 1. The number of fused-ring (bicyclic) bond motifs is 1. The zero-order valence-corrected chi connectivity index (χ0v) is 16.6. The predicted octanol–water partition coefficient (Wildman–Crippen LogP) is 2.36. The molecule has 0 radical (unpaired) electrons. The lowest BCUT2D eigenvalue weighted by Gasteiger charge is -2.32. The van der Waals surface area contributed by atoms with Crippen LogP contribution in [0.3, 0.4) is 0 Å². The number of anilines is 1. The molecule has 0 saturated heterocycles. The second kappa shape index (κ2) is 7.19. The number of hydrogen-bond donors (Lipinski definition) is 2. The van der Waals surface area contributed by atoms with Gasteiger partial charge >= 0.3 is 0 Å². The summed E-state index contributed by atoms with van der Waals surface area (Å²) >= 11 is 0. The first-order valence-corrected chi connectivity index (χ1v) is 10.8. The molecule has 144 valence electrons. The summed E-state index contributed by atoms with van der Waals surface area (Å²) in [5.74, 6) is -0.0167. The van der Waals surface area contributed by atoms with Crippen LogP contribution < -0.4 is 15.2 Å². The van der Waals surface area contributed by atoms with E-state index in [1.54, 1.807) is 20.8 Å². The minimum atomic E-state index is -3.35. The molecule has 0 spiro atoms. The molecule has 1 aromatic rings. The number of amides is 1. The summed E-state index contributed by atoms with van der Waals surface area (Å²) in [4.78, 5) is 12.6. The highest BCUT2D eigenvalue weighted by Gasteiger charge is 2.34. The van der Waals surface area contributed by atoms with E-state index in [9.17, 15) is 13.2 Å². The monoisotopic (exact) mass is 379 g/mol. The minimum Gasteiger partial charge on any atom is -0.285 e. The molecule has 1 aliphatic heterocycles. The zero-order chi connectivity index (χ0) is 18.9. The second-order valence-corrected chi connectivity index (χ2v) is 10.8. The molecule has 1 fully saturated rings. The van der Waals surface area contributed by atoms with E-state index >= 15 is 0 Å². The molecule has 1 saturated carbocycles. The van der Waals surface area contributed by atoms with E-state index in [4.69, 9.17) is 0 Å². The van der Waals surface area contributed by atoms with Crippen LogP contribution in [0.2, 0.25) is 0 Å². The van der Waals surface area contributed by atoms with Crippen molar-refractivity contribution in [2.24, 2.45) is 5.92 Å². The van der Waals surface area contributed by atoms with E-state index < -0.39 is 14.8 Å². The average Bonchev–Trinajstić information content (AvgIpc) is 2.97. The van der Waals surface area contributed by atoms with E-state index in [1.165, 1.54) is 5.56 Å². The molecule has 7 heteroatoms. The Hall–Kier alpha value is -1.60. The first-order chi connectivity index (χ1) is 12.2. The Balaban J connectivity index is 1.52. The van der Waals surface area contributed by atoms with Gasteiger partial charge in [0.1, 0.15) is 0 Å². The summed E-state index contributed by atoms with van der Waals surface area (Å²) in [6, 6.07) is 8.05. The fourth-order valence-electron chi connectivity index (χ4n) is 3.55. The predicted molar refractivity (Wildman–Crippen MR) is 103 cm³/mol. The summed E-state index contributed by atoms with van der Waals surface area (Å²) in [6.07, 6.45) is 3.75. The van der Waals surface area contributed by atoms with Crippen molar-refractivity contribution in [1.29, 1.82) is 0 Å². The van der Waals surface area contributed by atoms with E-state index in [0.717, 1.165) is 18.7 Å². The topological polar surface area (TPSA) is 78.5 Å². The number of hydrogen-bond acceptors (Lipinski definition) is 4. The van der Waals surface area contributed by atoms with Crippen LogP contribution in [0.1, 0.15) is 52.0 Å². The van der Waals surface area contributed by atoms with Gasteiger partial charge in [0.25, 0.3) is 0 Å². The Labute approximate surface area is 156 Å². The second-order valence-electron chi connectivity index (χ2n) is 8.29. The number of rotatable bonds is 4. The maximum absolute atomic E-state index is 12.6. The number of carbonyl (C=O) groups is 1. The van der Waals surface area contributed by atoms with Gasteiger partial charge in [0, 0.05) is 18.5 Å². The van der Waals surface area contributed by atoms with Crippen molar-refractivity contribution >= 4 is 21.6 Å². The number of nitrogens with one attached hydrogen (secondary N) is 2. The van der Waals surface area contributed by atoms with Crippen molar-refractivity contribution in [3.8, 4) is 0 Å². The fourth-order valence-corrected chi connectivity index (χ4v) is 4.58. The van der Waals surface area contributed by atoms with E-state index in [-0.39, 0.29) is 17.9 Å². The highest BCUT2D eigenvalue weighted by Crippen LogP contribution is 2.29. The smallest absolute Gasteiger partial charge is 0.241 e. The van der Waals surface area contributed by atoms with E-state index in [2.05, 4.69) is 16.2 Å². The molecular formula is C19H29N3O3S. The molecule has 1 aliphatic carbocycles. The number of hydrazine groups is 1. The van der Waals surface area contributed by atoms with Gasteiger partial charge in [-0.1, -0.05) is 18.2 Å². The lowest BCUT2D eigenvalue weighted by atomic mass is 9.86. The van der Waals surface area contributed by atoms with Crippen LogP contribution in [-0.2, 0) is 21.2 Å². The highest BCUT2D eigenvalue weighted by atomic mass is 32.2. The van der Waals surface area contributed by atoms with Crippen LogP contribution in [0.25, 0.3) is 0 Å². The van der Waals surface area contributed by atoms with Gasteiger partial charge in [-0.2, -0.15) is 0 Å². The normalized spacial score (nSPS) is 23.6. The molecule has 26 heavy (non-hydrogen) atoms. The quantitative estimate of drug-likeness (QED) is 0.842. The Morgan fingerprint density at radius 3 is 2.42 bits per heavy atom. The van der Waals surface area contributed by atoms with Crippen molar-refractivity contribution in [3.63, 3.8) is 0 Å². The number of nitrogens with zero attached hydrogens (tertiary/aromatic N) is 1. The molecule has 0 atom stereocenters. The van der Waals surface area contributed by atoms with Crippen molar-refractivity contribution in [2.75, 3.05) is 11.6 Å². The zero-order valence-electron chi connectivity index (χ0n) is 15.8. The highest BCUT2D eigenvalue weighted by molar-refractivity contribution is 7.90. The number of carbonyl (C=O) groups excluding carboxylic acids is 1. The lowest BCUT2D eigenvalue weighted by molar-refractivity contribution is -0.126. The molecule has 2 aliphatic rings. The van der Waals surface area contributed by atoms with Crippen LogP contribution in [0.4, 0.5) is 5.69 Å². The molecular weight excluding hydrogens is 350 g/mol. The molecule has 2 N–H and O–H groups in total. The molecule has 1 aromatic carbocycles. The Kier molecular flexibility index (Phi) is 5.30. The Morgan fingerprint density at radius 2 is 1.77 bits per heavy atom. The van der Waals surface area contributed by atoms with Gasteiger partial charge < -0.3 is 0 Å². The summed E-state index contributed by atoms with van der Waals surface area (Å²) in [7, 11) is -3.35. The average molecular weight is 380 g/mol. The summed E-state index contributed by atoms with van der Waals surface area (Å²) in [5, 5.41) is 1.94. The summed E-state index contributed by atoms with van der Waals surface area (Å²) in [6.45, 7) is 5.89. The molecule has 0 unspecified atom stereocenters. The number of sulfonamides is 1. The minimum absolute atomic E-state index is 0.0406. The van der Waals surface area contributed by atoms with Gasteiger partial charge in [-0.3, -0.25) is 15.2 Å². The summed E-state index contributed by atoms with van der Waals surface area (Å²) < 4.78 is 26.6. The van der Waals surface area contributed by atoms with Gasteiger partial charge in [-0.05, 0) is 64.5 Å². The third-order valence-electron chi connectivity index (χ3n) is 5.36. The van der Waals surface area contributed by atoms with E-state index in [0.29, 0.717) is 25.7 Å². The van der Waals surface area contributed by atoms with Crippen LogP contribution >= 0.6 is 0 Å². The van der Waals surface area contributed by atoms with Gasteiger partial charge in [-0.25, -0.2) is 13.1 Å². The van der Waals surface area contributed by atoms with Crippen molar-refractivity contribution in [3.05, 3.63) is 29.8 Å². The molecule has 1 amide bonds. The van der Waals surface area contributed by atoms with E-state index in [1.807, 2.05) is 23.2 Å². The Morgan fingerprint density at radius 1 is 1.12 bits per heavy atom. The lowest BCUT2D eigenvalue weighted by Crippen LogP contribution is -2.48. The molecule has 3 rings (SSSR count). The van der Waals surface area contributed by atoms with Crippen molar-refractivity contribution < 1.29 is 13.2 Å².